The summed E-state index contributed by atoms with van der Waals surface area (Å²) in [6.45, 7) is 7.19. The number of nitrogens with one attached hydrogen (secondary N) is 1. The first-order valence-electron chi connectivity index (χ1n) is 8.44. The molecule has 0 fully saturated rings. The van der Waals surface area contributed by atoms with Gasteiger partial charge in [-0.05, 0) is 24.3 Å². The van der Waals surface area contributed by atoms with Crippen LogP contribution in [0.15, 0.2) is 24.3 Å². The highest BCUT2D eigenvalue weighted by atomic mass is 35.5. The number of benzene rings is 1. The lowest BCUT2D eigenvalue weighted by atomic mass is 9.94. The predicted molar refractivity (Wildman–Crippen MR) is 101 cm³/mol. The first kappa shape index (κ1) is 21.2. The number of nitrogens with zero attached hydrogens (tertiary/aromatic N) is 1. The van der Waals surface area contributed by atoms with Crippen LogP contribution in [0.4, 0.5) is 5.69 Å². The SMILES string of the molecule is CC(C)C(=O)CC(NC(=O)CN(C)c1ccc(Cl)cc1)C(=O)C(C)C. The first-order valence-corrected chi connectivity index (χ1v) is 8.82. The van der Waals surface area contributed by atoms with Crippen LogP contribution in [0, 0.1) is 11.8 Å². The van der Waals surface area contributed by atoms with Crippen LogP contribution in [0.25, 0.3) is 0 Å². The topological polar surface area (TPSA) is 66.5 Å². The van der Waals surface area contributed by atoms with E-state index in [0.717, 1.165) is 5.69 Å². The summed E-state index contributed by atoms with van der Waals surface area (Å²) in [5.74, 6) is -0.884. The maximum atomic E-state index is 12.3. The molecular weight excluding hydrogens is 340 g/mol. The van der Waals surface area contributed by atoms with Crippen molar-refractivity contribution < 1.29 is 14.4 Å². The molecular formula is C19H27ClN2O3. The third kappa shape index (κ3) is 6.86. The van der Waals surface area contributed by atoms with E-state index in [9.17, 15) is 14.4 Å². The van der Waals surface area contributed by atoms with E-state index in [1.807, 2.05) is 12.1 Å². The molecule has 1 aromatic rings. The van der Waals surface area contributed by atoms with E-state index < -0.39 is 6.04 Å². The summed E-state index contributed by atoms with van der Waals surface area (Å²) in [6, 6.07) is 6.35. The highest BCUT2D eigenvalue weighted by molar-refractivity contribution is 6.30. The van der Waals surface area contributed by atoms with Crippen LogP contribution in [0.5, 0.6) is 0 Å². The summed E-state index contributed by atoms with van der Waals surface area (Å²) < 4.78 is 0. The van der Waals surface area contributed by atoms with Crippen molar-refractivity contribution in [2.45, 2.75) is 40.2 Å². The molecule has 1 N–H and O–H groups in total. The molecule has 0 saturated carbocycles. The number of anilines is 1. The van der Waals surface area contributed by atoms with E-state index >= 15 is 0 Å². The van der Waals surface area contributed by atoms with Gasteiger partial charge in [0.05, 0.1) is 12.6 Å². The maximum absolute atomic E-state index is 12.3. The predicted octanol–water partition coefficient (Wildman–Crippen LogP) is 3.10. The number of hydrogen-bond donors (Lipinski definition) is 1. The van der Waals surface area contributed by atoms with E-state index in [1.165, 1.54) is 0 Å². The number of halogens is 1. The van der Waals surface area contributed by atoms with Gasteiger partial charge in [0.15, 0.2) is 5.78 Å². The Labute approximate surface area is 154 Å². The Bertz CT molecular complexity index is 612. The molecule has 1 rings (SSSR count). The number of amides is 1. The van der Waals surface area contributed by atoms with Crippen LogP contribution in [-0.4, -0.2) is 37.1 Å². The minimum absolute atomic E-state index is 0.0328. The fraction of sp³-hybridized carbons (Fsp3) is 0.526. The van der Waals surface area contributed by atoms with Gasteiger partial charge >= 0.3 is 0 Å². The van der Waals surface area contributed by atoms with Crippen LogP contribution in [0.1, 0.15) is 34.1 Å². The van der Waals surface area contributed by atoms with Gasteiger partial charge in [-0.3, -0.25) is 14.4 Å². The van der Waals surface area contributed by atoms with Gasteiger partial charge in [-0.2, -0.15) is 0 Å². The minimum Gasteiger partial charge on any atom is -0.365 e. The molecule has 138 valence electrons. The number of hydrogen-bond acceptors (Lipinski definition) is 4. The second-order valence-electron chi connectivity index (χ2n) is 6.83. The molecule has 0 spiro atoms. The third-order valence-corrected chi connectivity index (χ3v) is 4.20. The Kier molecular flexibility index (Phi) is 8.10. The minimum atomic E-state index is -0.777. The number of ketones is 2. The fourth-order valence-electron chi connectivity index (χ4n) is 2.30. The number of carbonyl (C=O) groups is 3. The van der Waals surface area contributed by atoms with Gasteiger partial charge < -0.3 is 10.2 Å². The molecule has 0 radical (unpaired) electrons. The summed E-state index contributed by atoms with van der Waals surface area (Å²) in [5.41, 5.74) is 0.838. The lowest BCUT2D eigenvalue weighted by Gasteiger charge is -2.23. The largest absolute Gasteiger partial charge is 0.365 e. The molecule has 0 aromatic heterocycles. The second-order valence-corrected chi connectivity index (χ2v) is 7.27. The van der Waals surface area contributed by atoms with E-state index in [0.29, 0.717) is 5.02 Å². The lowest BCUT2D eigenvalue weighted by Crippen LogP contribution is -2.47. The van der Waals surface area contributed by atoms with Crippen molar-refractivity contribution in [3.63, 3.8) is 0 Å². The number of likely N-dealkylation sites (N-methyl/N-ethyl adjacent to an activating group) is 1. The molecule has 5 nitrogen and oxygen atoms in total. The van der Waals surface area contributed by atoms with Gasteiger partial charge in [-0.1, -0.05) is 39.3 Å². The van der Waals surface area contributed by atoms with Crippen molar-refractivity contribution in [1.82, 2.24) is 5.32 Å². The van der Waals surface area contributed by atoms with Crippen LogP contribution in [0.3, 0.4) is 0 Å². The molecule has 25 heavy (non-hydrogen) atoms. The summed E-state index contributed by atoms with van der Waals surface area (Å²) >= 11 is 5.86. The Balaban J connectivity index is 2.74. The van der Waals surface area contributed by atoms with Gasteiger partial charge in [0.25, 0.3) is 0 Å². The number of rotatable bonds is 9. The Morgan fingerprint density at radius 1 is 1.04 bits per heavy atom. The zero-order valence-corrected chi connectivity index (χ0v) is 16.3. The lowest BCUT2D eigenvalue weighted by molar-refractivity contribution is -0.132. The quantitative estimate of drug-likeness (QED) is 0.729. The van der Waals surface area contributed by atoms with Crippen molar-refractivity contribution >= 4 is 34.8 Å². The first-order chi connectivity index (χ1) is 11.6. The zero-order chi connectivity index (χ0) is 19.1. The molecule has 1 aromatic carbocycles. The van der Waals surface area contributed by atoms with Crippen LogP contribution in [-0.2, 0) is 14.4 Å². The number of carbonyl (C=O) groups excluding carboxylic acids is 3. The van der Waals surface area contributed by atoms with Crippen molar-refractivity contribution in [3.05, 3.63) is 29.3 Å². The molecule has 1 unspecified atom stereocenters. The summed E-state index contributed by atoms with van der Waals surface area (Å²) in [7, 11) is 1.78. The van der Waals surface area contributed by atoms with Crippen LogP contribution in [0.2, 0.25) is 5.02 Å². The molecule has 0 aliphatic rings. The van der Waals surface area contributed by atoms with E-state index in [-0.39, 0.29) is 42.3 Å². The van der Waals surface area contributed by atoms with Crippen molar-refractivity contribution in [1.29, 1.82) is 0 Å². The molecule has 0 saturated heterocycles. The highest BCUT2D eigenvalue weighted by Crippen LogP contribution is 2.16. The van der Waals surface area contributed by atoms with Crippen molar-refractivity contribution in [3.8, 4) is 0 Å². The highest BCUT2D eigenvalue weighted by Gasteiger charge is 2.26. The average molecular weight is 367 g/mol. The zero-order valence-electron chi connectivity index (χ0n) is 15.5. The fourth-order valence-corrected chi connectivity index (χ4v) is 2.43. The average Bonchev–Trinajstić information content (AvgIpc) is 2.53. The van der Waals surface area contributed by atoms with Crippen LogP contribution >= 0.6 is 11.6 Å². The van der Waals surface area contributed by atoms with Crippen molar-refractivity contribution in [2.75, 3.05) is 18.5 Å². The van der Waals surface area contributed by atoms with Crippen molar-refractivity contribution in [2.24, 2.45) is 11.8 Å². The van der Waals surface area contributed by atoms with E-state index in [4.69, 9.17) is 11.6 Å². The third-order valence-electron chi connectivity index (χ3n) is 3.95. The molecule has 0 heterocycles. The summed E-state index contributed by atoms with van der Waals surface area (Å²) in [4.78, 5) is 38.4. The number of Topliss-reactive ketones (excluding diaryl/α,β-unsaturated/α-hetero) is 2. The van der Waals surface area contributed by atoms with Gasteiger partial charge in [-0.15, -0.1) is 0 Å². The smallest absolute Gasteiger partial charge is 0.240 e. The van der Waals surface area contributed by atoms with E-state index in [1.54, 1.807) is 51.8 Å². The molecule has 1 amide bonds. The monoisotopic (exact) mass is 366 g/mol. The summed E-state index contributed by atoms with van der Waals surface area (Å²) in [6.07, 6.45) is 0.0328. The van der Waals surface area contributed by atoms with Gasteiger partial charge in [-0.25, -0.2) is 0 Å². The molecule has 0 aliphatic carbocycles. The standard InChI is InChI=1S/C19H27ClN2O3/c1-12(2)17(23)10-16(19(25)13(3)4)21-18(24)11-22(5)15-8-6-14(20)7-9-15/h6-9,12-13,16H,10-11H2,1-5H3,(H,21,24). The summed E-state index contributed by atoms with van der Waals surface area (Å²) in [5, 5.41) is 3.34. The van der Waals surface area contributed by atoms with Gasteiger partial charge in [0, 0.05) is 36.0 Å². The Morgan fingerprint density at radius 2 is 1.60 bits per heavy atom. The maximum Gasteiger partial charge on any atom is 0.240 e. The Hall–Kier alpha value is -1.88. The molecule has 6 heteroatoms. The second kappa shape index (κ2) is 9.56. The van der Waals surface area contributed by atoms with Gasteiger partial charge in [0.2, 0.25) is 5.91 Å². The Morgan fingerprint density at radius 3 is 2.08 bits per heavy atom. The molecule has 0 bridgehead atoms. The molecule has 1 atom stereocenters. The van der Waals surface area contributed by atoms with Gasteiger partial charge in [0.1, 0.15) is 5.78 Å². The molecule has 0 aliphatic heterocycles. The van der Waals surface area contributed by atoms with Crippen LogP contribution < -0.4 is 10.2 Å². The van der Waals surface area contributed by atoms with E-state index in [2.05, 4.69) is 5.32 Å². The normalized spacial score (nSPS) is 12.2.